The fourth-order valence-corrected chi connectivity index (χ4v) is 2.09. The molecular formula is C16H15N3O. The van der Waals surface area contributed by atoms with Gasteiger partial charge in [-0.25, -0.2) is 0 Å². The first-order chi connectivity index (χ1) is 9.78. The van der Waals surface area contributed by atoms with Crippen molar-refractivity contribution in [2.75, 3.05) is 5.73 Å². The van der Waals surface area contributed by atoms with Crippen LogP contribution < -0.4 is 10.5 Å². The first kappa shape index (κ1) is 12.4. The molecule has 0 fully saturated rings. The van der Waals surface area contributed by atoms with Gasteiger partial charge in [0.2, 0.25) is 5.88 Å². The second-order valence-electron chi connectivity index (χ2n) is 4.56. The van der Waals surface area contributed by atoms with Crippen LogP contribution in [0.4, 0.5) is 5.69 Å². The van der Waals surface area contributed by atoms with E-state index in [-0.39, 0.29) is 0 Å². The molecule has 0 saturated heterocycles. The predicted molar refractivity (Wildman–Crippen MR) is 79.8 cm³/mol. The molecule has 1 aromatic heterocycles. The minimum Gasteiger partial charge on any atom is -0.435 e. The summed E-state index contributed by atoms with van der Waals surface area (Å²) in [5.41, 5.74) is 7.81. The summed E-state index contributed by atoms with van der Waals surface area (Å²) in [6.45, 7) is 2.09. The first-order valence-electron chi connectivity index (χ1n) is 6.54. The van der Waals surface area contributed by atoms with Crippen LogP contribution in [0.2, 0.25) is 0 Å². The molecule has 20 heavy (non-hydrogen) atoms. The van der Waals surface area contributed by atoms with E-state index in [9.17, 15) is 0 Å². The summed E-state index contributed by atoms with van der Waals surface area (Å²) in [5, 5.41) is 9.92. The Morgan fingerprint density at radius 1 is 1.15 bits per heavy atom. The Morgan fingerprint density at radius 3 is 2.80 bits per heavy atom. The second-order valence-corrected chi connectivity index (χ2v) is 4.56. The highest BCUT2D eigenvalue weighted by Gasteiger charge is 2.08. The van der Waals surface area contributed by atoms with Gasteiger partial charge in [-0.05, 0) is 30.2 Å². The van der Waals surface area contributed by atoms with Crippen LogP contribution in [-0.2, 0) is 6.42 Å². The third-order valence-electron chi connectivity index (χ3n) is 3.23. The number of aryl methyl sites for hydroxylation is 1. The lowest BCUT2D eigenvalue weighted by Gasteiger charge is -2.10. The van der Waals surface area contributed by atoms with E-state index in [1.54, 1.807) is 6.20 Å². The number of hydrogen-bond donors (Lipinski definition) is 1. The van der Waals surface area contributed by atoms with Gasteiger partial charge in [0.15, 0.2) is 5.75 Å². The molecule has 4 nitrogen and oxygen atoms in total. The third kappa shape index (κ3) is 2.28. The van der Waals surface area contributed by atoms with Gasteiger partial charge in [0.1, 0.15) is 0 Å². The molecule has 1 heterocycles. The number of nitrogen functional groups attached to an aromatic ring is 1. The number of ether oxygens (including phenoxy) is 1. The molecule has 0 amide bonds. The van der Waals surface area contributed by atoms with Crippen molar-refractivity contribution in [2.45, 2.75) is 13.3 Å². The second kappa shape index (κ2) is 5.17. The summed E-state index contributed by atoms with van der Waals surface area (Å²) in [6.07, 6.45) is 2.66. The highest BCUT2D eigenvalue weighted by Crippen LogP contribution is 2.30. The van der Waals surface area contributed by atoms with Crippen molar-refractivity contribution >= 4 is 16.5 Å². The van der Waals surface area contributed by atoms with E-state index in [1.165, 1.54) is 5.56 Å². The number of fused-ring (bicyclic) bond motifs is 1. The van der Waals surface area contributed by atoms with Crippen LogP contribution in [0.3, 0.4) is 0 Å². The molecule has 0 aliphatic carbocycles. The normalized spacial score (nSPS) is 10.7. The lowest BCUT2D eigenvalue weighted by molar-refractivity contribution is 0.464. The Bertz CT molecular complexity index is 750. The number of rotatable bonds is 3. The molecule has 2 aromatic carbocycles. The minimum atomic E-state index is 0.471. The van der Waals surface area contributed by atoms with Gasteiger partial charge in [-0.15, -0.1) is 5.10 Å². The largest absolute Gasteiger partial charge is 0.435 e. The van der Waals surface area contributed by atoms with E-state index in [4.69, 9.17) is 10.5 Å². The average molecular weight is 265 g/mol. The van der Waals surface area contributed by atoms with Gasteiger partial charge in [0.25, 0.3) is 0 Å². The number of hydrogen-bond acceptors (Lipinski definition) is 4. The van der Waals surface area contributed by atoms with Crippen molar-refractivity contribution in [2.24, 2.45) is 0 Å². The zero-order valence-electron chi connectivity index (χ0n) is 11.2. The Labute approximate surface area is 117 Å². The van der Waals surface area contributed by atoms with Crippen molar-refractivity contribution in [3.63, 3.8) is 0 Å². The number of benzene rings is 2. The molecule has 0 atom stereocenters. The van der Waals surface area contributed by atoms with E-state index in [2.05, 4.69) is 17.1 Å². The Morgan fingerprint density at radius 2 is 2.00 bits per heavy atom. The number of anilines is 1. The lowest BCUT2D eigenvalue weighted by atomic mass is 10.1. The van der Waals surface area contributed by atoms with Crippen molar-refractivity contribution < 1.29 is 4.74 Å². The molecule has 3 aromatic rings. The molecule has 4 heteroatoms. The fraction of sp³-hybridized carbons (Fsp3) is 0.125. The maximum absolute atomic E-state index is 6.02. The summed E-state index contributed by atoms with van der Waals surface area (Å²) in [7, 11) is 0. The number of nitrogens with two attached hydrogens (primary N) is 1. The zero-order chi connectivity index (χ0) is 13.9. The number of aromatic nitrogens is 2. The van der Waals surface area contributed by atoms with Gasteiger partial charge < -0.3 is 10.5 Å². The standard InChI is InChI=1S/C16H15N3O/c1-2-11-7-8-15(14(17)9-11)20-16-13-6-4-3-5-12(13)10-18-19-16/h3-10H,2,17H2,1H3. The fourth-order valence-electron chi connectivity index (χ4n) is 2.09. The van der Waals surface area contributed by atoms with Crippen LogP contribution in [0.25, 0.3) is 10.8 Å². The topological polar surface area (TPSA) is 61.0 Å². The van der Waals surface area contributed by atoms with Crippen LogP contribution in [0.5, 0.6) is 11.6 Å². The molecule has 0 saturated carbocycles. The quantitative estimate of drug-likeness (QED) is 0.735. The van der Waals surface area contributed by atoms with Crippen LogP contribution >= 0.6 is 0 Å². The Kier molecular flexibility index (Phi) is 3.21. The maximum Gasteiger partial charge on any atom is 0.246 e. The van der Waals surface area contributed by atoms with Crippen molar-refractivity contribution in [1.82, 2.24) is 10.2 Å². The highest BCUT2D eigenvalue weighted by molar-refractivity contribution is 5.86. The van der Waals surface area contributed by atoms with Gasteiger partial charge >= 0.3 is 0 Å². The third-order valence-corrected chi connectivity index (χ3v) is 3.23. The van der Waals surface area contributed by atoms with Crippen LogP contribution in [0.15, 0.2) is 48.7 Å². The van der Waals surface area contributed by atoms with Crippen molar-refractivity contribution in [1.29, 1.82) is 0 Å². The molecule has 0 aliphatic heterocycles. The molecular weight excluding hydrogens is 250 g/mol. The summed E-state index contributed by atoms with van der Waals surface area (Å²) in [4.78, 5) is 0. The van der Waals surface area contributed by atoms with E-state index >= 15 is 0 Å². The Hall–Kier alpha value is -2.62. The highest BCUT2D eigenvalue weighted by atomic mass is 16.5. The smallest absolute Gasteiger partial charge is 0.246 e. The summed E-state index contributed by atoms with van der Waals surface area (Å²) < 4.78 is 5.82. The van der Waals surface area contributed by atoms with E-state index < -0.39 is 0 Å². The first-order valence-corrected chi connectivity index (χ1v) is 6.54. The van der Waals surface area contributed by atoms with Crippen molar-refractivity contribution in [3.05, 3.63) is 54.2 Å². The van der Waals surface area contributed by atoms with Gasteiger partial charge in [0.05, 0.1) is 11.9 Å². The molecule has 2 N–H and O–H groups in total. The van der Waals surface area contributed by atoms with Crippen LogP contribution in [-0.4, -0.2) is 10.2 Å². The van der Waals surface area contributed by atoms with Gasteiger partial charge in [-0.2, -0.15) is 5.10 Å². The Balaban J connectivity index is 2.01. The van der Waals surface area contributed by atoms with E-state index in [0.717, 1.165) is 17.2 Å². The zero-order valence-corrected chi connectivity index (χ0v) is 11.2. The van der Waals surface area contributed by atoms with Gasteiger partial charge in [-0.1, -0.05) is 31.2 Å². The monoisotopic (exact) mass is 265 g/mol. The number of nitrogens with zero attached hydrogens (tertiary/aromatic N) is 2. The molecule has 100 valence electrons. The SMILES string of the molecule is CCc1ccc(Oc2nncc3ccccc23)c(N)c1. The maximum atomic E-state index is 6.02. The molecule has 0 unspecified atom stereocenters. The van der Waals surface area contributed by atoms with Gasteiger partial charge in [0, 0.05) is 10.8 Å². The van der Waals surface area contributed by atoms with Gasteiger partial charge in [-0.3, -0.25) is 0 Å². The lowest BCUT2D eigenvalue weighted by Crippen LogP contribution is -1.96. The summed E-state index contributed by atoms with van der Waals surface area (Å²) in [5.74, 6) is 1.08. The average Bonchev–Trinajstić information content (AvgIpc) is 2.49. The van der Waals surface area contributed by atoms with E-state index in [1.807, 2.05) is 42.5 Å². The molecule has 0 radical (unpaired) electrons. The van der Waals surface area contributed by atoms with Crippen molar-refractivity contribution in [3.8, 4) is 11.6 Å². The van der Waals surface area contributed by atoms with Crippen LogP contribution in [0, 0.1) is 0 Å². The van der Waals surface area contributed by atoms with Crippen LogP contribution in [0.1, 0.15) is 12.5 Å². The molecule has 0 bridgehead atoms. The minimum absolute atomic E-state index is 0.471. The molecule has 0 aliphatic rings. The summed E-state index contributed by atoms with van der Waals surface area (Å²) >= 11 is 0. The van der Waals surface area contributed by atoms with E-state index in [0.29, 0.717) is 17.3 Å². The summed E-state index contributed by atoms with van der Waals surface area (Å²) in [6, 6.07) is 13.6. The predicted octanol–water partition coefficient (Wildman–Crippen LogP) is 3.57. The molecule has 0 spiro atoms. The molecule has 3 rings (SSSR count).